The van der Waals surface area contributed by atoms with E-state index in [1.807, 2.05) is 20.8 Å². The summed E-state index contributed by atoms with van der Waals surface area (Å²) in [6, 6.07) is 3.96. The van der Waals surface area contributed by atoms with Crippen LogP contribution in [0.15, 0.2) is 18.2 Å². The summed E-state index contributed by atoms with van der Waals surface area (Å²) in [6.07, 6.45) is 0. The van der Waals surface area contributed by atoms with Crippen LogP contribution in [0.3, 0.4) is 0 Å². The van der Waals surface area contributed by atoms with Gasteiger partial charge in [-0.25, -0.2) is 4.39 Å². The Kier molecular flexibility index (Phi) is 5.08. The minimum absolute atomic E-state index is 0.0356. The van der Waals surface area contributed by atoms with Gasteiger partial charge in [-0.1, -0.05) is 32.6 Å². The average Bonchev–Trinajstić information content (AvgIpc) is 2.33. The largest absolute Gasteiger partial charge is 0.351 e. The van der Waals surface area contributed by atoms with Gasteiger partial charge in [0.25, 0.3) is 5.91 Å². The molecule has 3 N–H and O–H groups in total. The smallest absolute Gasteiger partial charge is 0.252 e. The number of hydrogen-bond donors (Lipinski definition) is 2. The number of nitrogens with two attached hydrogens (primary N) is 1. The van der Waals surface area contributed by atoms with Gasteiger partial charge >= 0.3 is 0 Å². The summed E-state index contributed by atoms with van der Waals surface area (Å²) in [5.41, 5.74) is 5.99. The fourth-order valence-electron chi connectivity index (χ4n) is 1.40. The number of carbonyl (C=O) groups is 1. The molecule has 3 nitrogen and oxygen atoms in total. The van der Waals surface area contributed by atoms with Crippen LogP contribution >= 0.6 is 0 Å². The Hall–Kier alpha value is -1.86. The summed E-state index contributed by atoms with van der Waals surface area (Å²) >= 11 is 0. The van der Waals surface area contributed by atoms with Crippen LogP contribution in [0.5, 0.6) is 0 Å². The molecule has 0 radical (unpaired) electrons. The molecule has 1 aromatic carbocycles. The van der Waals surface area contributed by atoms with Crippen LogP contribution in [0.2, 0.25) is 0 Å². The van der Waals surface area contributed by atoms with Crippen molar-refractivity contribution in [3.05, 3.63) is 35.1 Å². The number of rotatable bonds is 2. The minimum atomic E-state index is -0.459. The summed E-state index contributed by atoms with van der Waals surface area (Å²) < 4.78 is 13.3. The highest BCUT2D eigenvalue weighted by Gasteiger charge is 2.15. The summed E-state index contributed by atoms with van der Waals surface area (Å²) in [5.74, 6) is 4.66. The van der Waals surface area contributed by atoms with Crippen molar-refractivity contribution in [2.24, 2.45) is 11.1 Å². The van der Waals surface area contributed by atoms with Crippen molar-refractivity contribution in [3.8, 4) is 11.8 Å². The number of halogens is 1. The van der Waals surface area contributed by atoms with Crippen molar-refractivity contribution in [3.63, 3.8) is 0 Å². The number of amides is 1. The quantitative estimate of drug-likeness (QED) is 0.800. The molecule has 102 valence electrons. The monoisotopic (exact) mass is 262 g/mol. The normalized spacial score (nSPS) is 10.6. The first kappa shape index (κ1) is 15.2. The first-order valence-electron chi connectivity index (χ1n) is 6.10. The maximum Gasteiger partial charge on any atom is 0.252 e. The predicted molar refractivity (Wildman–Crippen MR) is 74.1 cm³/mol. The molecular weight excluding hydrogens is 243 g/mol. The summed E-state index contributed by atoms with van der Waals surface area (Å²) in [5, 5.41) is 2.78. The van der Waals surface area contributed by atoms with E-state index in [0.29, 0.717) is 12.1 Å². The summed E-state index contributed by atoms with van der Waals surface area (Å²) in [4.78, 5) is 12.1. The van der Waals surface area contributed by atoms with Crippen molar-refractivity contribution in [2.75, 3.05) is 13.1 Å². The van der Waals surface area contributed by atoms with Crippen LogP contribution in [0.1, 0.15) is 36.7 Å². The van der Waals surface area contributed by atoms with Crippen LogP contribution in [-0.2, 0) is 0 Å². The van der Waals surface area contributed by atoms with Gasteiger partial charge in [-0.3, -0.25) is 4.79 Å². The van der Waals surface area contributed by atoms with Crippen LogP contribution in [0.4, 0.5) is 4.39 Å². The molecule has 0 saturated carbocycles. The fourth-order valence-corrected chi connectivity index (χ4v) is 1.40. The molecule has 0 heterocycles. The molecule has 0 fully saturated rings. The lowest BCUT2D eigenvalue weighted by atomic mass is 9.96. The van der Waals surface area contributed by atoms with E-state index < -0.39 is 5.82 Å². The molecule has 1 amide bonds. The predicted octanol–water partition coefficient (Wildman–Crippen LogP) is 1.91. The third-order valence-corrected chi connectivity index (χ3v) is 2.33. The van der Waals surface area contributed by atoms with Crippen molar-refractivity contribution >= 4 is 5.91 Å². The second-order valence-corrected chi connectivity index (χ2v) is 5.44. The molecule has 0 saturated heterocycles. The van der Waals surface area contributed by atoms with E-state index in [2.05, 4.69) is 17.2 Å². The number of benzene rings is 1. The molecule has 19 heavy (non-hydrogen) atoms. The van der Waals surface area contributed by atoms with Crippen molar-refractivity contribution in [1.29, 1.82) is 0 Å². The van der Waals surface area contributed by atoms with Gasteiger partial charge in [0.1, 0.15) is 5.82 Å². The Balaban J connectivity index is 2.97. The van der Waals surface area contributed by atoms with Crippen LogP contribution in [0.25, 0.3) is 0 Å². The lowest BCUT2D eigenvalue weighted by molar-refractivity contribution is 0.0938. The average molecular weight is 262 g/mol. The molecule has 0 aliphatic carbocycles. The fraction of sp³-hybridized carbons (Fsp3) is 0.400. The molecule has 0 bridgehead atoms. The van der Waals surface area contributed by atoms with E-state index in [9.17, 15) is 9.18 Å². The number of nitrogens with one attached hydrogen (secondary N) is 1. The Bertz CT molecular complexity index is 521. The molecule has 0 aliphatic rings. The molecule has 0 spiro atoms. The van der Waals surface area contributed by atoms with Gasteiger partial charge in [0.05, 0.1) is 12.1 Å². The molecule has 1 rings (SSSR count). The molecular formula is C15H19FN2O. The van der Waals surface area contributed by atoms with Gasteiger partial charge in [-0.15, -0.1) is 0 Å². The van der Waals surface area contributed by atoms with E-state index in [1.165, 1.54) is 18.2 Å². The highest BCUT2D eigenvalue weighted by Crippen LogP contribution is 2.13. The molecule has 0 aromatic heterocycles. The Labute approximate surface area is 113 Å². The van der Waals surface area contributed by atoms with Crippen molar-refractivity contribution in [2.45, 2.75) is 20.8 Å². The van der Waals surface area contributed by atoms with Crippen molar-refractivity contribution in [1.82, 2.24) is 5.32 Å². The third kappa shape index (κ3) is 5.11. The second kappa shape index (κ2) is 6.35. The highest BCUT2D eigenvalue weighted by molar-refractivity contribution is 5.96. The van der Waals surface area contributed by atoms with Crippen LogP contribution in [0, 0.1) is 23.1 Å². The van der Waals surface area contributed by atoms with Gasteiger partial charge in [-0.2, -0.15) is 0 Å². The lowest BCUT2D eigenvalue weighted by Gasteiger charge is -2.19. The topological polar surface area (TPSA) is 55.1 Å². The third-order valence-electron chi connectivity index (χ3n) is 2.33. The van der Waals surface area contributed by atoms with Crippen LogP contribution < -0.4 is 11.1 Å². The maximum absolute atomic E-state index is 13.3. The Morgan fingerprint density at radius 3 is 2.68 bits per heavy atom. The first-order valence-corrected chi connectivity index (χ1v) is 6.10. The minimum Gasteiger partial charge on any atom is -0.351 e. The van der Waals surface area contributed by atoms with Gasteiger partial charge in [0, 0.05) is 12.1 Å². The van der Waals surface area contributed by atoms with Gasteiger partial charge in [-0.05, 0) is 23.6 Å². The molecule has 0 aliphatic heterocycles. The van der Waals surface area contributed by atoms with E-state index >= 15 is 0 Å². The standard InChI is InChI=1S/C15H19FN2O/c1-15(2,3)10-18-14(19)13-9-12(16)7-6-11(13)5-4-8-17/h6-7,9H,8,10,17H2,1-3H3,(H,18,19). The van der Waals surface area contributed by atoms with E-state index in [4.69, 9.17) is 5.73 Å². The zero-order chi connectivity index (χ0) is 14.5. The SMILES string of the molecule is CC(C)(C)CNC(=O)c1cc(F)ccc1C#CCN. The molecule has 4 heteroatoms. The zero-order valence-corrected chi connectivity index (χ0v) is 11.5. The van der Waals surface area contributed by atoms with Gasteiger partial charge in [0.2, 0.25) is 0 Å². The highest BCUT2D eigenvalue weighted by atomic mass is 19.1. The number of hydrogen-bond acceptors (Lipinski definition) is 2. The summed E-state index contributed by atoms with van der Waals surface area (Å²) in [6.45, 7) is 6.72. The maximum atomic E-state index is 13.3. The lowest BCUT2D eigenvalue weighted by Crippen LogP contribution is -2.32. The van der Waals surface area contributed by atoms with E-state index in [0.717, 1.165) is 0 Å². The molecule has 0 atom stereocenters. The zero-order valence-electron chi connectivity index (χ0n) is 11.5. The van der Waals surface area contributed by atoms with Crippen molar-refractivity contribution < 1.29 is 9.18 Å². The Morgan fingerprint density at radius 2 is 2.11 bits per heavy atom. The summed E-state index contributed by atoms with van der Waals surface area (Å²) in [7, 11) is 0. The molecule has 1 aromatic rings. The van der Waals surface area contributed by atoms with Gasteiger partial charge < -0.3 is 11.1 Å². The molecule has 0 unspecified atom stereocenters. The van der Waals surface area contributed by atoms with E-state index in [1.54, 1.807) is 0 Å². The van der Waals surface area contributed by atoms with Crippen LogP contribution in [-0.4, -0.2) is 19.0 Å². The van der Waals surface area contributed by atoms with Gasteiger partial charge in [0.15, 0.2) is 0 Å². The first-order chi connectivity index (χ1) is 8.83. The van der Waals surface area contributed by atoms with E-state index in [-0.39, 0.29) is 23.4 Å². The number of carbonyl (C=O) groups excluding carboxylic acids is 1. The second-order valence-electron chi connectivity index (χ2n) is 5.44. The Morgan fingerprint density at radius 1 is 1.42 bits per heavy atom.